The summed E-state index contributed by atoms with van der Waals surface area (Å²) in [5.41, 5.74) is 0. The molecule has 0 rings (SSSR count). The van der Waals surface area contributed by atoms with Gasteiger partial charge in [-0.05, 0) is 18.6 Å². The largest absolute Gasteiger partial charge is 0.470 e. The van der Waals surface area contributed by atoms with Gasteiger partial charge in [-0.2, -0.15) is 0 Å². The normalized spacial score (nSPS) is 16.3. The number of thiol groups is 1. The van der Waals surface area contributed by atoms with Gasteiger partial charge in [0.2, 0.25) is 4.38 Å². The molecule has 3 atom stereocenters. The average Bonchev–Trinajstić information content (AvgIpc) is 2.30. The van der Waals surface area contributed by atoms with Crippen LogP contribution in [0.1, 0.15) is 19.8 Å². The predicted octanol–water partition coefficient (Wildman–Crippen LogP) is 0.117. The summed E-state index contributed by atoms with van der Waals surface area (Å²) in [6, 6.07) is 0. The lowest BCUT2D eigenvalue weighted by atomic mass is 10.1. The average molecular weight is 284 g/mol. The Morgan fingerprint density at radius 1 is 1.35 bits per heavy atom. The molecule has 0 amide bonds. The van der Waals surface area contributed by atoms with Crippen molar-refractivity contribution < 1.29 is 24.8 Å². The second-order valence-electron chi connectivity index (χ2n) is 3.58. The van der Waals surface area contributed by atoms with E-state index < -0.39 is 18.3 Å². The van der Waals surface area contributed by atoms with Crippen molar-refractivity contribution in [2.75, 3.05) is 19.8 Å². The predicted molar refractivity (Wildman–Crippen MR) is 71.3 cm³/mol. The van der Waals surface area contributed by atoms with E-state index in [-0.39, 0.29) is 24.0 Å². The quantitative estimate of drug-likeness (QED) is 0.356. The highest BCUT2D eigenvalue weighted by atomic mass is 32.1. The highest BCUT2D eigenvalue weighted by Crippen LogP contribution is 2.11. The first kappa shape index (κ1) is 17.1. The second-order valence-corrected chi connectivity index (χ2v) is 4.66. The highest BCUT2D eigenvalue weighted by molar-refractivity contribution is 8.10. The summed E-state index contributed by atoms with van der Waals surface area (Å²) in [4.78, 5) is 0. The maximum Gasteiger partial charge on any atom is 0.217 e. The van der Waals surface area contributed by atoms with E-state index in [1.54, 1.807) is 0 Å². The molecule has 0 aromatic carbocycles. The molecule has 3 unspecified atom stereocenters. The molecule has 0 spiro atoms. The summed E-state index contributed by atoms with van der Waals surface area (Å²) in [7, 11) is 0. The third kappa shape index (κ3) is 7.91. The van der Waals surface area contributed by atoms with Crippen molar-refractivity contribution in [3.63, 3.8) is 0 Å². The standard InChI is InChI=1S/C10H20O5S2/c1-2-3-14-7(5-11)4-8(13)9(6-12)15-10(16)17/h7-9,11-13H,2-6H2,1H3,(H,16,17). The van der Waals surface area contributed by atoms with Crippen molar-refractivity contribution in [2.45, 2.75) is 38.1 Å². The summed E-state index contributed by atoms with van der Waals surface area (Å²) < 4.78 is 10.2. The van der Waals surface area contributed by atoms with Crippen LogP contribution in [0.2, 0.25) is 0 Å². The molecule has 102 valence electrons. The van der Waals surface area contributed by atoms with Crippen molar-refractivity contribution in [3.8, 4) is 0 Å². The van der Waals surface area contributed by atoms with Crippen molar-refractivity contribution >= 4 is 29.2 Å². The Balaban J connectivity index is 4.16. The molecule has 17 heavy (non-hydrogen) atoms. The topological polar surface area (TPSA) is 79.2 Å². The molecule has 7 heteroatoms. The fourth-order valence-corrected chi connectivity index (χ4v) is 1.53. The zero-order valence-corrected chi connectivity index (χ0v) is 11.5. The van der Waals surface area contributed by atoms with E-state index in [0.717, 1.165) is 6.42 Å². The van der Waals surface area contributed by atoms with E-state index in [4.69, 9.17) is 19.7 Å². The maximum absolute atomic E-state index is 9.79. The van der Waals surface area contributed by atoms with E-state index in [0.29, 0.717) is 6.61 Å². The van der Waals surface area contributed by atoms with Gasteiger partial charge in [-0.25, -0.2) is 0 Å². The molecule has 0 heterocycles. The Hall–Kier alpha value is 0.0800. The van der Waals surface area contributed by atoms with Crippen LogP contribution in [0.3, 0.4) is 0 Å². The van der Waals surface area contributed by atoms with Gasteiger partial charge in [0.1, 0.15) is 6.10 Å². The molecule has 0 saturated carbocycles. The minimum atomic E-state index is -0.973. The van der Waals surface area contributed by atoms with Crippen LogP contribution in [-0.2, 0) is 9.47 Å². The molecular formula is C10H20O5S2. The Bertz CT molecular complexity index is 215. The van der Waals surface area contributed by atoms with Crippen molar-refractivity contribution in [2.24, 2.45) is 0 Å². The highest BCUT2D eigenvalue weighted by Gasteiger charge is 2.24. The number of hydrogen-bond acceptors (Lipinski definition) is 6. The van der Waals surface area contributed by atoms with E-state index in [9.17, 15) is 5.11 Å². The van der Waals surface area contributed by atoms with E-state index >= 15 is 0 Å². The fraction of sp³-hybridized carbons (Fsp3) is 0.900. The molecule has 0 saturated heterocycles. The van der Waals surface area contributed by atoms with Crippen LogP contribution >= 0.6 is 24.8 Å². The smallest absolute Gasteiger partial charge is 0.217 e. The molecule has 0 aliphatic carbocycles. The lowest BCUT2D eigenvalue weighted by Gasteiger charge is -2.24. The Morgan fingerprint density at radius 3 is 2.41 bits per heavy atom. The molecule has 0 radical (unpaired) electrons. The molecule has 0 aromatic rings. The van der Waals surface area contributed by atoms with Crippen LogP contribution < -0.4 is 0 Å². The third-order valence-electron chi connectivity index (χ3n) is 2.13. The third-order valence-corrected chi connectivity index (χ3v) is 2.33. The maximum atomic E-state index is 9.79. The van der Waals surface area contributed by atoms with E-state index in [1.165, 1.54) is 0 Å². The molecule has 0 aliphatic rings. The molecule has 0 aromatic heterocycles. The van der Waals surface area contributed by atoms with Crippen LogP contribution in [0.4, 0.5) is 0 Å². The van der Waals surface area contributed by atoms with Crippen LogP contribution in [-0.4, -0.2) is 57.8 Å². The van der Waals surface area contributed by atoms with Gasteiger partial charge in [-0.1, -0.05) is 19.6 Å². The van der Waals surface area contributed by atoms with Gasteiger partial charge >= 0.3 is 0 Å². The molecule has 0 aliphatic heterocycles. The van der Waals surface area contributed by atoms with Gasteiger partial charge < -0.3 is 24.8 Å². The SMILES string of the molecule is CCCOC(CO)CC(O)C(CO)OC(=S)S. The van der Waals surface area contributed by atoms with Crippen molar-refractivity contribution in [3.05, 3.63) is 0 Å². The Morgan fingerprint density at radius 2 is 2.00 bits per heavy atom. The minimum Gasteiger partial charge on any atom is -0.470 e. The summed E-state index contributed by atoms with van der Waals surface area (Å²) in [5.74, 6) is 0. The number of ether oxygens (including phenoxy) is 2. The van der Waals surface area contributed by atoms with Crippen molar-refractivity contribution in [1.29, 1.82) is 0 Å². The van der Waals surface area contributed by atoms with Crippen LogP contribution in [0.25, 0.3) is 0 Å². The van der Waals surface area contributed by atoms with Gasteiger partial charge in [0.05, 0.1) is 25.4 Å². The Labute approximate surface area is 112 Å². The Kier molecular flexibility index (Phi) is 10.1. The fourth-order valence-electron chi connectivity index (χ4n) is 1.27. The zero-order valence-electron chi connectivity index (χ0n) is 9.78. The molecular weight excluding hydrogens is 264 g/mol. The van der Waals surface area contributed by atoms with E-state index in [2.05, 4.69) is 24.8 Å². The first-order chi connectivity index (χ1) is 8.04. The second kappa shape index (κ2) is 10.0. The summed E-state index contributed by atoms with van der Waals surface area (Å²) in [5, 5.41) is 27.9. The zero-order chi connectivity index (χ0) is 13.3. The number of rotatable bonds is 9. The number of hydrogen-bond donors (Lipinski definition) is 4. The summed E-state index contributed by atoms with van der Waals surface area (Å²) in [6.45, 7) is 1.88. The number of aliphatic hydroxyl groups excluding tert-OH is 3. The van der Waals surface area contributed by atoms with Gasteiger partial charge in [0.25, 0.3) is 0 Å². The van der Waals surface area contributed by atoms with Crippen molar-refractivity contribution in [1.82, 2.24) is 0 Å². The summed E-state index contributed by atoms with van der Waals surface area (Å²) in [6.07, 6.45) is -1.31. The van der Waals surface area contributed by atoms with Gasteiger partial charge in [-0.3, -0.25) is 0 Å². The molecule has 0 fully saturated rings. The van der Waals surface area contributed by atoms with Gasteiger partial charge in [0.15, 0.2) is 0 Å². The van der Waals surface area contributed by atoms with Crippen LogP contribution in [0, 0.1) is 0 Å². The molecule has 0 bridgehead atoms. The lowest BCUT2D eigenvalue weighted by Crippen LogP contribution is -2.37. The number of aliphatic hydroxyl groups is 3. The van der Waals surface area contributed by atoms with Gasteiger partial charge in [0, 0.05) is 13.0 Å². The lowest BCUT2D eigenvalue weighted by molar-refractivity contribution is -0.0567. The van der Waals surface area contributed by atoms with E-state index in [1.807, 2.05) is 6.92 Å². The van der Waals surface area contributed by atoms with Crippen LogP contribution in [0.5, 0.6) is 0 Å². The first-order valence-corrected chi connectivity index (χ1v) is 6.31. The number of thiocarbonyl (C=S) groups is 1. The molecule has 3 N–H and O–H groups in total. The monoisotopic (exact) mass is 284 g/mol. The van der Waals surface area contributed by atoms with Gasteiger partial charge in [-0.15, -0.1) is 0 Å². The van der Waals surface area contributed by atoms with Crippen LogP contribution in [0.15, 0.2) is 0 Å². The first-order valence-electron chi connectivity index (χ1n) is 5.46. The summed E-state index contributed by atoms with van der Waals surface area (Å²) >= 11 is 8.37. The molecule has 5 nitrogen and oxygen atoms in total. The minimum absolute atomic E-state index is 0.0434.